The van der Waals surface area contributed by atoms with Crippen molar-refractivity contribution in [2.24, 2.45) is 0 Å². The van der Waals surface area contributed by atoms with Gasteiger partial charge in [0.15, 0.2) is 0 Å². The van der Waals surface area contributed by atoms with Crippen LogP contribution in [-0.4, -0.2) is 10.2 Å². The van der Waals surface area contributed by atoms with Crippen molar-refractivity contribution < 1.29 is 10.2 Å². The highest BCUT2D eigenvalue weighted by Gasteiger charge is 2.09. The molecule has 2 aromatic rings. The van der Waals surface area contributed by atoms with Crippen molar-refractivity contribution >= 4 is 0 Å². The van der Waals surface area contributed by atoms with E-state index in [1.54, 1.807) is 12.1 Å². The van der Waals surface area contributed by atoms with Crippen LogP contribution in [0.1, 0.15) is 30.5 Å². The molecule has 3 N–H and O–H groups in total. The van der Waals surface area contributed by atoms with Gasteiger partial charge < -0.3 is 15.5 Å². The van der Waals surface area contributed by atoms with Crippen LogP contribution in [0.2, 0.25) is 0 Å². The van der Waals surface area contributed by atoms with Crippen molar-refractivity contribution in [1.29, 1.82) is 0 Å². The molecule has 2 aromatic carbocycles. The second kappa shape index (κ2) is 6.25. The predicted molar refractivity (Wildman–Crippen MR) is 76.1 cm³/mol. The van der Waals surface area contributed by atoms with Crippen LogP contribution in [0.4, 0.5) is 0 Å². The van der Waals surface area contributed by atoms with Crippen molar-refractivity contribution in [3.63, 3.8) is 0 Å². The van der Waals surface area contributed by atoms with Gasteiger partial charge >= 0.3 is 0 Å². The van der Waals surface area contributed by atoms with Crippen molar-refractivity contribution in [2.75, 3.05) is 0 Å². The Balaban J connectivity index is 2.04. The molecule has 0 saturated heterocycles. The number of hydrogen-bond donors (Lipinski definition) is 3. The lowest BCUT2D eigenvalue weighted by Gasteiger charge is -2.18. The minimum Gasteiger partial charge on any atom is -0.508 e. The fourth-order valence-electron chi connectivity index (χ4n) is 2.12. The van der Waals surface area contributed by atoms with Gasteiger partial charge in [0.05, 0.1) is 0 Å². The number of phenols is 2. The molecular weight excluding hydrogens is 238 g/mol. The number of hydrogen-bond acceptors (Lipinski definition) is 3. The van der Waals surface area contributed by atoms with E-state index < -0.39 is 0 Å². The zero-order chi connectivity index (χ0) is 13.7. The summed E-state index contributed by atoms with van der Waals surface area (Å²) < 4.78 is 0. The summed E-state index contributed by atoms with van der Waals surface area (Å²) in [5.74, 6) is 0.201. The molecule has 0 saturated carbocycles. The van der Waals surface area contributed by atoms with Gasteiger partial charge in [0, 0.05) is 24.2 Å². The van der Waals surface area contributed by atoms with E-state index >= 15 is 0 Å². The largest absolute Gasteiger partial charge is 0.508 e. The number of nitrogens with one attached hydrogen (secondary N) is 1. The summed E-state index contributed by atoms with van der Waals surface area (Å²) in [6.45, 7) is 2.70. The summed E-state index contributed by atoms with van der Waals surface area (Å²) in [4.78, 5) is 0. The number of aromatic hydroxyl groups is 2. The lowest BCUT2D eigenvalue weighted by Crippen LogP contribution is -2.20. The Kier molecular flexibility index (Phi) is 4.42. The van der Waals surface area contributed by atoms with E-state index in [-0.39, 0.29) is 17.5 Å². The maximum atomic E-state index is 9.75. The Morgan fingerprint density at radius 1 is 1.05 bits per heavy atom. The van der Waals surface area contributed by atoms with E-state index in [4.69, 9.17) is 0 Å². The standard InChI is InChI=1S/C16H19NO2/c1-2-15(12-6-4-3-5-7-12)17-11-13-8-9-14(18)10-16(13)19/h3-10,15,17-19H,2,11H2,1H3. The van der Waals surface area contributed by atoms with Crippen LogP contribution in [0.25, 0.3) is 0 Å². The van der Waals surface area contributed by atoms with Crippen molar-refractivity contribution in [1.82, 2.24) is 5.32 Å². The highest BCUT2D eigenvalue weighted by molar-refractivity contribution is 5.38. The Morgan fingerprint density at radius 3 is 2.42 bits per heavy atom. The molecule has 3 nitrogen and oxygen atoms in total. The molecule has 0 radical (unpaired) electrons. The summed E-state index contributed by atoms with van der Waals surface area (Å²) in [5, 5.41) is 22.4. The van der Waals surface area contributed by atoms with Crippen LogP contribution in [0.3, 0.4) is 0 Å². The third-order valence-electron chi connectivity index (χ3n) is 3.22. The second-order valence-electron chi connectivity index (χ2n) is 4.57. The fraction of sp³-hybridized carbons (Fsp3) is 0.250. The first-order valence-corrected chi connectivity index (χ1v) is 6.50. The number of phenolic OH excluding ortho intramolecular Hbond substituents is 2. The molecule has 19 heavy (non-hydrogen) atoms. The molecule has 0 heterocycles. The van der Waals surface area contributed by atoms with E-state index in [1.165, 1.54) is 11.6 Å². The first-order chi connectivity index (χ1) is 9.20. The van der Waals surface area contributed by atoms with Gasteiger partial charge in [-0.1, -0.05) is 43.3 Å². The van der Waals surface area contributed by atoms with Gasteiger partial charge in [0.2, 0.25) is 0 Å². The van der Waals surface area contributed by atoms with Crippen LogP contribution in [0, 0.1) is 0 Å². The van der Waals surface area contributed by atoms with Crippen LogP contribution in [0.15, 0.2) is 48.5 Å². The minimum absolute atomic E-state index is 0.0800. The number of rotatable bonds is 5. The average molecular weight is 257 g/mol. The third kappa shape index (κ3) is 3.48. The summed E-state index contributed by atoms with van der Waals surface area (Å²) in [5.41, 5.74) is 2.02. The molecule has 0 aliphatic rings. The Bertz CT molecular complexity index is 526. The van der Waals surface area contributed by atoms with E-state index in [1.807, 2.05) is 18.2 Å². The van der Waals surface area contributed by atoms with Gasteiger partial charge in [-0.05, 0) is 18.1 Å². The molecule has 0 amide bonds. The van der Waals surface area contributed by atoms with Crippen molar-refractivity contribution in [3.8, 4) is 11.5 Å². The smallest absolute Gasteiger partial charge is 0.123 e. The molecule has 100 valence electrons. The van der Waals surface area contributed by atoms with Gasteiger partial charge in [-0.15, -0.1) is 0 Å². The van der Waals surface area contributed by atoms with Gasteiger partial charge in [0.1, 0.15) is 11.5 Å². The van der Waals surface area contributed by atoms with E-state index in [2.05, 4.69) is 24.4 Å². The number of benzene rings is 2. The Labute approximate surface area is 113 Å². The van der Waals surface area contributed by atoms with Crippen molar-refractivity contribution in [2.45, 2.75) is 25.9 Å². The predicted octanol–water partition coefficient (Wildman–Crippen LogP) is 3.34. The molecule has 0 bridgehead atoms. The normalized spacial score (nSPS) is 12.3. The molecule has 1 unspecified atom stereocenters. The average Bonchev–Trinajstić information content (AvgIpc) is 2.43. The summed E-state index contributed by atoms with van der Waals surface area (Å²) in [6, 6.07) is 15.2. The molecule has 0 aliphatic heterocycles. The zero-order valence-electron chi connectivity index (χ0n) is 11.0. The maximum Gasteiger partial charge on any atom is 0.123 e. The topological polar surface area (TPSA) is 52.5 Å². The molecule has 1 atom stereocenters. The fourth-order valence-corrected chi connectivity index (χ4v) is 2.12. The lowest BCUT2D eigenvalue weighted by atomic mass is 10.0. The van der Waals surface area contributed by atoms with E-state index in [0.717, 1.165) is 12.0 Å². The van der Waals surface area contributed by atoms with Crippen LogP contribution in [-0.2, 0) is 6.54 Å². The monoisotopic (exact) mass is 257 g/mol. The molecule has 0 spiro atoms. The van der Waals surface area contributed by atoms with Crippen LogP contribution in [0.5, 0.6) is 11.5 Å². The van der Waals surface area contributed by atoms with Gasteiger partial charge in [0.25, 0.3) is 0 Å². The van der Waals surface area contributed by atoms with Gasteiger partial charge in [-0.2, -0.15) is 0 Å². The van der Waals surface area contributed by atoms with Crippen LogP contribution < -0.4 is 5.32 Å². The summed E-state index contributed by atoms with van der Waals surface area (Å²) in [6.07, 6.45) is 0.975. The maximum absolute atomic E-state index is 9.75. The molecule has 0 fully saturated rings. The highest BCUT2D eigenvalue weighted by Crippen LogP contribution is 2.24. The zero-order valence-corrected chi connectivity index (χ0v) is 11.0. The molecule has 2 rings (SSSR count). The van der Waals surface area contributed by atoms with E-state index in [9.17, 15) is 10.2 Å². The molecule has 0 aromatic heterocycles. The second-order valence-corrected chi connectivity index (χ2v) is 4.57. The third-order valence-corrected chi connectivity index (χ3v) is 3.22. The highest BCUT2D eigenvalue weighted by atomic mass is 16.3. The summed E-state index contributed by atoms with van der Waals surface area (Å²) >= 11 is 0. The van der Waals surface area contributed by atoms with Crippen molar-refractivity contribution in [3.05, 3.63) is 59.7 Å². The molecule has 0 aliphatic carbocycles. The molecule has 3 heteroatoms. The van der Waals surface area contributed by atoms with E-state index in [0.29, 0.717) is 6.54 Å². The summed E-state index contributed by atoms with van der Waals surface area (Å²) in [7, 11) is 0. The lowest BCUT2D eigenvalue weighted by molar-refractivity contribution is 0.438. The minimum atomic E-state index is 0.0800. The Hall–Kier alpha value is -2.00. The SMILES string of the molecule is CCC(NCc1ccc(O)cc1O)c1ccccc1. The first-order valence-electron chi connectivity index (χ1n) is 6.50. The Morgan fingerprint density at radius 2 is 1.79 bits per heavy atom. The quantitative estimate of drug-likeness (QED) is 0.770. The van der Waals surface area contributed by atoms with Gasteiger partial charge in [-0.3, -0.25) is 0 Å². The van der Waals surface area contributed by atoms with Crippen LogP contribution >= 0.6 is 0 Å². The molecular formula is C16H19NO2. The van der Waals surface area contributed by atoms with Gasteiger partial charge in [-0.25, -0.2) is 0 Å². The first kappa shape index (κ1) is 13.4.